The number of rotatable bonds is 9. The summed E-state index contributed by atoms with van der Waals surface area (Å²) in [5, 5.41) is 2.87. The van der Waals surface area contributed by atoms with Crippen molar-refractivity contribution in [3.05, 3.63) is 53.6 Å². The Bertz CT molecular complexity index is 1110. The van der Waals surface area contributed by atoms with Gasteiger partial charge in [0.15, 0.2) is 11.5 Å². The van der Waals surface area contributed by atoms with Crippen LogP contribution in [0, 0.1) is 0 Å². The van der Waals surface area contributed by atoms with Crippen LogP contribution in [-0.4, -0.2) is 63.7 Å². The molecule has 0 saturated carbocycles. The lowest BCUT2D eigenvalue weighted by Gasteiger charge is -2.26. The van der Waals surface area contributed by atoms with E-state index in [4.69, 9.17) is 14.2 Å². The number of fused-ring (bicyclic) bond motifs is 1. The van der Waals surface area contributed by atoms with Crippen molar-refractivity contribution in [1.82, 2.24) is 9.62 Å². The number of amides is 1. The van der Waals surface area contributed by atoms with Gasteiger partial charge in [-0.05, 0) is 44.0 Å². The Morgan fingerprint density at radius 2 is 1.85 bits per heavy atom. The molecule has 2 aromatic carbocycles. The molecule has 0 atom stereocenters. The minimum Gasteiger partial charge on any atom is -0.488 e. The summed E-state index contributed by atoms with van der Waals surface area (Å²) in [5.41, 5.74) is 1.81. The molecule has 0 unspecified atom stereocenters. The average Bonchev–Trinajstić information content (AvgIpc) is 3.16. The maximum Gasteiger partial charge on any atom is 0.243 e. The molecule has 184 valence electrons. The summed E-state index contributed by atoms with van der Waals surface area (Å²) in [6.07, 6.45) is 1.68. The van der Waals surface area contributed by atoms with Gasteiger partial charge >= 0.3 is 0 Å². The summed E-state index contributed by atoms with van der Waals surface area (Å²) >= 11 is 0. The Morgan fingerprint density at radius 3 is 2.59 bits per heavy atom. The fourth-order valence-electron chi connectivity index (χ4n) is 4.16. The first-order valence-electron chi connectivity index (χ1n) is 11.6. The molecule has 0 spiro atoms. The molecule has 1 N–H and O–H groups in total. The monoisotopic (exact) mass is 488 g/mol. The number of benzene rings is 2. The molecule has 0 radical (unpaired) electrons. The number of ether oxygens (including phenoxy) is 3. The van der Waals surface area contributed by atoms with E-state index >= 15 is 0 Å². The van der Waals surface area contributed by atoms with Crippen molar-refractivity contribution in [3.8, 4) is 11.5 Å². The molecular formula is C25H32N2O6S. The van der Waals surface area contributed by atoms with Crippen LogP contribution in [0.1, 0.15) is 31.4 Å². The van der Waals surface area contributed by atoms with E-state index in [9.17, 15) is 13.2 Å². The van der Waals surface area contributed by atoms with Gasteiger partial charge in [-0.15, -0.1) is 0 Å². The fraction of sp³-hybridized carbons (Fsp3) is 0.480. The van der Waals surface area contributed by atoms with Gasteiger partial charge in [0.05, 0.1) is 24.7 Å². The lowest BCUT2D eigenvalue weighted by atomic mass is 10.0. The molecule has 2 aliphatic heterocycles. The highest BCUT2D eigenvalue weighted by Crippen LogP contribution is 2.41. The third-order valence-corrected chi connectivity index (χ3v) is 7.82. The predicted molar refractivity (Wildman–Crippen MR) is 128 cm³/mol. The van der Waals surface area contributed by atoms with Crippen molar-refractivity contribution in [2.45, 2.75) is 43.6 Å². The molecule has 9 heteroatoms. The summed E-state index contributed by atoms with van der Waals surface area (Å²) in [6.45, 7) is 6.40. The smallest absolute Gasteiger partial charge is 0.243 e. The van der Waals surface area contributed by atoms with E-state index in [0.717, 1.165) is 23.3 Å². The summed E-state index contributed by atoms with van der Waals surface area (Å²) in [5.74, 6) is 1.41. The first kappa shape index (κ1) is 24.5. The first-order valence-corrected chi connectivity index (χ1v) is 13.1. The van der Waals surface area contributed by atoms with Gasteiger partial charge in [-0.1, -0.05) is 24.3 Å². The maximum atomic E-state index is 12.7. The molecule has 1 saturated heterocycles. The van der Waals surface area contributed by atoms with E-state index in [1.807, 2.05) is 32.0 Å². The van der Waals surface area contributed by atoms with Crippen LogP contribution in [0.3, 0.4) is 0 Å². The zero-order valence-corrected chi connectivity index (χ0v) is 20.5. The second kappa shape index (κ2) is 10.3. The molecule has 8 nitrogen and oxygen atoms in total. The molecule has 2 heterocycles. The first-order chi connectivity index (χ1) is 16.2. The molecule has 2 aliphatic rings. The zero-order chi connectivity index (χ0) is 24.2. The van der Waals surface area contributed by atoms with Crippen molar-refractivity contribution >= 4 is 15.9 Å². The highest BCUT2D eigenvalue weighted by atomic mass is 32.2. The molecule has 1 fully saturated rings. The number of morpholine rings is 1. The molecule has 34 heavy (non-hydrogen) atoms. The highest BCUT2D eigenvalue weighted by Gasteiger charge is 2.32. The van der Waals surface area contributed by atoms with E-state index in [-0.39, 0.29) is 16.4 Å². The summed E-state index contributed by atoms with van der Waals surface area (Å²) in [6, 6.07) is 12.6. The Morgan fingerprint density at radius 1 is 1.12 bits per heavy atom. The third kappa shape index (κ3) is 5.89. The van der Waals surface area contributed by atoms with Crippen LogP contribution in [0.5, 0.6) is 11.5 Å². The van der Waals surface area contributed by atoms with Gasteiger partial charge in [-0.2, -0.15) is 4.31 Å². The molecule has 0 bridgehead atoms. The van der Waals surface area contributed by atoms with Crippen molar-refractivity contribution in [2.75, 3.05) is 39.5 Å². The second-order valence-corrected chi connectivity index (χ2v) is 11.1. The number of nitrogens with one attached hydrogen (secondary N) is 1. The largest absolute Gasteiger partial charge is 0.488 e. The van der Waals surface area contributed by atoms with Crippen LogP contribution in [0.15, 0.2) is 47.4 Å². The molecule has 4 rings (SSSR count). The molecule has 0 aromatic heterocycles. The number of sulfonamides is 1. The Balaban J connectivity index is 1.20. The summed E-state index contributed by atoms with van der Waals surface area (Å²) in [4.78, 5) is 12.5. The lowest BCUT2D eigenvalue weighted by molar-refractivity contribution is -0.121. The van der Waals surface area contributed by atoms with Crippen LogP contribution in [0.25, 0.3) is 0 Å². The van der Waals surface area contributed by atoms with Gasteiger partial charge in [-0.3, -0.25) is 4.79 Å². The number of carbonyl (C=O) groups is 1. The normalized spacial score (nSPS) is 17.6. The molecule has 1 amide bonds. The fourth-order valence-corrected chi connectivity index (χ4v) is 5.57. The van der Waals surface area contributed by atoms with Crippen LogP contribution >= 0.6 is 0 Å². The van der Waals surface area contributed by atoms with Gasteiger partial charge < -0.3 is 19.5 Å². The van der Waals surface area contributed by atoms with Gasteiger partial charge in [0, 0.05) is 31.5 Å². The van der Waals surface area contributed by atoms with E-state index in [0.29, 0.717) is 58.0 Å². The third-order valence-electron chi connectivity index (χ3n) is 5.91. The minimum atomic E-state index is -3.51. The Kier molecular flexibility index (Phi) is 7.45. The number of aryl methyl sites for hydroxylation is 1. The maximum absolute atomic E-state index is 12.7. The lowest BCUT2D eigenvalue weighted by Crippen LogP contribution is -2.40. The zero-order valence-electron chi connectivity index (χ0n) is 19.7. The second-order valence-electron chi connectivity index (χ2n) is 9.14. The highest BCUT2D eigenvalue weighted by molar-refractivity contribution is 7.89. The van der Waals surface area contributed by atoms with Crippen LogP contribution in [0.4, 0.5) is 0 Å². The SMILES string of the molecule is CC1(C)Cc2cccc(OCCNC(=O)CCc3ccc(S(=O)(=O)N4CCOCC4)cc3)c2O1. The van der Waals surface area contributed by atoms with Crippen LogP contribution in [0.2, 0.25) is 0 Å². The Hall–Kier alpha value is -2.62. The average molecular weight is 489 g/mol. The van der Waals surface area contributed by atoms with E-state index in [2.05, 4.69) is 5.32 Å². The number of nitrogens with zero attached hydrogens (tertiary/aromatic N) is 1. The predicted octanol–water partition coefficient (Wildman–Crippen LogP) is 2.55. The van der Waals surface area contributed by atoms with Crippen LogP contribution in [-0.2, 0) is 32.4 Å². The van der Waals surface area contributed by atoms with E-state index in [1.165, 1.54) is 4.31 Å². The van der Waals surface area contributed by atoms with Gasteiger partial charge in [0.1, 0.15) is 12.2 Å². The van der Waals surface area contributed by atoms with Crippen molar-refractivity contribution in [3.63, 3.8) is 0 Å². The van der Waals surface area contributed by atoms with Crippen molar-refractivity contribution in [2.24, 2.45) is 0 Å². The van der Waals surface area contributed by atoms with Crippen molar-refractivity contribution in [1.29, 1.82) is 0 Å². The summed E-state index contributed by atoms with van der Waals surface area (Å²) in [7, 11) is -3.51. The van der Waals surface area contributed by atoms with Gasteiger partial charge in [-0.25, -0.2) is 8.42 Å². The minimum absolute atomic E-state index is 0.0794. The molecule has 0 aliphatic carbocycles. The quantitative estimate of drug-likeness (QED) is 0.545. The summed E-state index contributed by atoms with van der Waals surface area (Å²) < 4.78 is 43.9. The van der Waals surface area contributed by atoms with E-state index < -0.39 is 10.0 Å². The topological polar surface area (TPSA) is 94.2 Å². The van der Waals surface area contributed by atoms with Gasteiger partial charge in [0.2, 0.25) is 15.9 Å². The van der Waals surface area contributed by atoms with Crippen LogP contribution < -0.4 is 14.8 Å². The van der Waals surface area contributed by atoms with Crippen molar-refractivity contribution < 1.29 is 27.4 Å². The molecule has 2 aromatic rings. The number of carbonyl (C=O) groups excluding carboxylic acids is 1. The standard InChI is InChI=1S/C25H32N2O6S/c1-25(2)18-20-4-3-5-22(24(20)33-25)32-15-12-26-23(28)11-8-19-6-9-21(10-7-19)34(29,30)27-13-16-31-17-14-27/h3-7,9-10H,8,11-18H2,1-2H3,(H,26,28). The number of para-hydroxylation sites is 1. The number of hydrogen-bond donors (Lipinski definition) is 1. The Labute approximate surface area is 201 Å². The van der Waals surface area contributed by atoms with E-state index in [1.54, 1.807) is 24.3 Å². The number of hydrogen-bond acceptors (Lipinski definition) is 6. The van der Waals surface area contributed by atoms with Gasteiger partial charge in [0.25, 0.3) is 0 Å². The molecular weight excluding hydrogens is 456 g/mol.